The molecule has 0 aliphatic carbocycles. The summed E-state index contributed by atoms with van der Waals surface area (Å²) in [4.78, 5) is 45.4. The molecular weight excluding hydrogens is 306 g/mol. The van der Waals surface area contributed by atoms with Gasteiger partial charge in [-0.3, -0.25) is 14.4 Å². The number of aliphatic carboxylic acids is 1. The molecule has 0 bridgehead atoms. The molecule has 0 saturated heterocycles. The van der Waals surface area contributed by atoms with Crippen LogP contribution in [0.4, 0.5) is 4.79 Å². The Labute approximate surface area is 134 Å². The Kier molecular flexibility index (Phi) is 8.06. The van der Waals surface area contributed by atoms with Crippen molar-refractivity contribution >= 4 is 23.9 Å². The number of rotatable bonds is 8. The van der Waals surface area contributed by atoms with Gasteiger partial charge in [-0.2, -0.15) is 0 Å². The normalized spacial score (nSPS) is 13.6. The van der Waals surface area contributed by atoms with Gasteiger partial charge in [0.15, 0.2) is 0 Å². The number of alkyl carbamates (subject to hydrolysis) is 1. The maximum absolute atomic E-state index is 12.1. The van der Waals surface area contributed by atoms with Crippen molar-refractivity contribution in [3.63, 3.8) is 0 Å². The summed E-state index contributed by atoms with van der Waals surface area (Å²) in [6.45, 7) is 6.59. The number of carboxylic acid groups (broad SMARTS) is 1. The molecule has 0 rings (SSSR count). The standard InChI is InChI=1S/C14H25N3O6/c1-8(5-6-11(19)20)16-12(21)9(7-10(15)18)17-13(22)23-14(2,3)4/h8-9H,5-7H2,1-4H3,(H2,15,18)(H,16,21)(H,17,22)(H,19,20)/t8-,9+/m0/s1. The van der Waals surface area contributed by atoms with Gasteiger partial charge in [-0.15, -0.1) is 0 Å². The summed E-state index contributed by atoms with van der Waals surface area (Å²) in [7, 11) is 0. The van der Waals surface area contributed by atoms with Crippen LogP contribution in [-0.4, -0.2) is 46.7 Å². The van der Waals surface area contributed by atoms with E-state index in [0.29, 0.717) is 0 Å². The highest BCUT2D eigenvalue weighted by atomic mass is 16.6. The van der Waals surface area contributed by atoms with Gasteiger partial charge in [0, 0.05) is 12.5 Å². The first-order chi connectivity index (χ1) is 10.4. The maximum Gasteiger partial charge on any atom is 0.408 e. The molecule has 9 nitrogen and oxygen atoms in total. The summed E-state index contributed by atoms with van der Waals surface area (Å²) >= 11 is 0. The highest BCUT2D eigenvalue weighted by Gasteiger charge is 2.26. The highest BCUT2D eigenvalue weighted by Crippen LogP contribution is 2.07. The van der Waals surface area contributed by atoms with E-state index in [4.69, 9.17) is 15.6 Å². The van der Waals surface area contributed by atoms with Crippen molar-refractivity contribution < 1.29 is 29.0 Å². The third-order valence-electron chi connectivity index (χ3n) is 2.59. The Bertz CT molecular complexity index is 458. The lowest BCUT2D eigenvalue weighted by Gasteiger charge is -2.23. The summed E-state index contributed by atoms with van der Waals surface area (Å²) in [5.74, 6) is -2.38. The fourth-order valence-corrected chi connectivity index (χ4v) is 1.62. The molecule has 132 valence electrons. The topological polar surface area (TPSA) is 148 Å². The number of ether oxygens (including phenoxy) is 1. The largest absolute Gasteiger partial charge is 0.481 e. The molecule has 0 fully saturated rings. The van der Waals surface area contributed by atoms with Gasteiger partial charge in [-0.05, 0) is 34.1 Å². The summed E-state index contributed by atoms with van der Waals surface area (Å²) in [6.07, 6.45) is -1.13. The van der Waals surface area contributed by atoms with Crippen LogP contribution in [0, 0.1) is 0 Å². The lowest BCUT2D eigenvalue weighted by molar-refractivity contribution is -0.137. The van der Waals surface area contributed by atoms with Crippen molar-refractivity contribution in [2.24, 2.45) is 5.73 Å². The van der Waals surface area contributed by atoms with E-state index in [1.807, 2.05) is 0 Å². The summed E-state index contributed by atoms with van der Waals surface area (Å²) < 4.78 is 5.02. The summed E-state index contributed by atoms with van der Waals surface area (Å²) in [5, 5.41) is 13.4. The minimum atomic E-state index is -1.19. The Balaban J connectivity index is 4.69. The molecule has 5 N–H and O–H groups in total. The van der Waals surface area contributed by atoms with E-state index in [0.717, 1.165) is 0 Å². The smallest absolute Gasteiger partial charge is 0.408 e. The number of carboxylic acids is 1. The van der Waals surface area contributed by atoms with E-state index in [-0.39, 0.29) is 12.8 Å². The molecule has 0 spiro atoms. The second kappa shape index (κ2) is 8.96. The molecule has 9 heteroatoms. The van der Waals surface area contributed by atoms with Crippen LogP contribution in [0.5, 0.6) is 0 Å². The second-order valence-electron chi connectivity index (χ2n) is 6.21. The van der Waals surface area contributed by atoms with Gasteiger partial charge in [0.1, 0.15) is 11.6 Å². The van der Waals surface area contributed by atoms with Gasteiger partial charge in [0.25, 0.3) is 0 Å². The van der Waals surface area contributed by atoms with E-state index in [1.165, 1.54) is 0 Å². The van der Waals surface area contributed by atoms with Crippen LogP contribution < -0.4 is 16.4 Å². The SMILES string of the molecule is C[C@@H](CCC(=O)O)NC(=O)[C@@H](CC(N)=O)NC(=O)OC(C)(C)C. The monoisotopic (exact) mass is 331 g/mol. The minimum absolute atomic E-state index is 0.110. The van der Waals surface area contributed by atoms with Crippen LogP contribution in [0.15, 0.2) is 0 Å². The predicted molar refractivity (Wildman–Crippen MR) is 81.4 cm³/mol. The number of hydrogen-bond acceptors (Lipinski definition) is 5. The lowest BCUT2D eigenvalue weighted by Crippen LogP contribution is -2.51. The van der Waals surface area contributed by atoms with Crippen molar-refractivity contribution in [3.05, 3.63) is 0 Å². The van der Waals surface area contributed by atoms with Crippen LogP contribution >= 0.6 is 0 Å². The fourth-order valence-electron chi connectivity index (χ4n) is 1.62. The van der Waals surface area contributed by atoms with Crippen LogP contribution in [0.25, 0.3) is 0 Å². The van der Waals surface area contributed by atoms with E-state index < -0.39 is 48.0 Å². The number of primary amides is 1. The number of carbonyl (C=O) groups excluding carboxylic acids is 3. The molecule has 0 aromatic heterocycles. The molecule has 0 saturated carbocycles. The molecule has 3 amide bonds. The van der Waals surface area contributed by atoms with Crippen LogP contribution in [0.2, 0.25) is 0 Å². The van der Waals surface area contributed by atoms with Crippen molar-refractivity contribution in [2.45, 2.75) is 64.6 Å². The van der Waals surface area contributed by atoms with Gasteiger partial charge in [-0.25, -0.2) is 4.79 Å². The first-order valence-corrected chi connectivity index (χ1v) is 7.20. The molecule has 0 radical (unpaired) electrons. The summed E-state index contributed by atoms with van der Waals surface area (Å²) in [5.41, 5.74) is 4.32. The molecule has 0 aliphatic rings. The zero-order chi connectivity index (χ0) is 18.2. The van der Waals surface area contributed by atoms with Gasteiger partial charge >= 0.3 is 12.1 Å². The zero-order valence-electron chi connectivity index (χ0n) is 13.8. The molecule has 0 aliphatic heterocycles. The van der Waals surface area contributed by atoms with Crippen molar-refractivity contribution in [1.29, 1.82) is 0 Å². The number of carbonyl (C=O) groups is 4. The van der Waals surface area contributed by atoms with Crippen LogP contribution in [0.3, 0.4) is 0 Å². The lowest BCUT2D eigenvalue weighted by atomic mass is 10.1. The van der Waals surface area contributed by atoms with Gasteiger partial charge in [0.05, 0.1) is 6.42 Å². The molecule has 0 aromatic rings. The number of hydrogen-bond donors (Lipinski definition) is 4. The molecule has 23 heavy (non-hydrogen) atoms. The maximum atomic E-state index is 12.1. The quantitative estimate of drug-likeness (QED) is 0.496. The van der Waals surface area contributed by atoms with Crippen molar-refractivity contribution in [3.8, 4) is 0 Å². The summed E-state index contributed by atoms with van der Waals surface area (Å²) in [6, 6.07) is -1.62. The molecule has 0 heterocycles. The molecular formula is C14H25N3O6. The van der Waals surface area contributed by atoms with Crippen molar-refractivity contribution in [1.82, 2.24) is 10.6 Å². The molecule has 2 atom stereocenters. The van der Waals surface area contributed by atoms with E-state index in [1.54, 1.807) is 27.7 Å². The molecule has 0 unspecified atom stereocenters. The first-order valence-electron chi connectivity index (χ1n) is 7.20. The number of nitrogens with one attached hydrogen (secondary N) is 2. The third kappa shape index (κ3) is 11.0. The number of nitrogens with two attached hydrogens (primary N) is 1. The predicted octanol–water partition coefficient (Wildman–Crippen LogP) is 0.125. The zero-order valence-corrected chi connectivity index (χ0v) is 13.8. The van der Waals surface area contributed by atoms with E-state index in [9.17, 15) is 19.2 Å². The highest BCUT2D eigenvalue weighted by molar-refractivity contribution is 5.90. The van der Waals surface area contributed by atoms with E-state index >= 15 is 0 Å². The Morgan fingerprint density at radius 1 is 1.17 bits per heavy atom. The molecule has 0 aromatic carbocycles. The van der Waals surface area contributed by atoms with E-state index in [2.05, 4.69) is 10.6 Å². The Morgan fingerprint density at radius 2 is 1.74 bits per heavy atom. The average Bonchev–Trinajstić information content (AvgIpc) is 2.32. The fraction of sp³-hybridized carbons (Fsp3) is 0.714. The van der Waals surface area contributed by atoms with Gasteiger partial charge < -0.3 is 26.2 Å². The first kappa shape index (κ1) is 20.7. The van der Waals surface area contributed by atoms with Gasteiger partial charge in [0.2, 0.25) is 11.8 Å². The average molecular weight is 331 g/mol. The third-order valence-corrected chi connectivity index (χ3v) is 2.59. The minimum Gasteiger partial charge on any atom is -0.481 e. The number of amides is 3. The van der Waals surface area contributed by atoms with Crippen LogP contribution in [0.1, 0.15) is 47.0 Å². The van der Waals surface area contributed by atoms with Crippen molar-refractivity contribution in [2.75, 3.05) is 0 Å². The van der Waals surface area contributed by atoms with Crippen LogP contribution in [-0.2, 0) is 19.1 Å². The van der Waals surface area contributed by atoms with Gasteiger partial charge in [-0.1, -0.05) is 0 Å². The Morgan fingerprint density at radius 3 is 2.17 bits per heavy atom. The Hall–Kier alpha value is -2.32. The second-order valence-corrected chi connectivity index (χ2v) is 6.21.